The Kier molecular flexibility index (Phi) is 8.87. The van der Waals surface area contributed by atoms with Crippen LogP contribution in [0.2, 0.25) is 0 Å². The van der Waals surface area contributed by atoms with Gasteiger partial charge in [0.2, 0.25) is 5.91 Å². The van der Waals surface area contributed by atoms with E-state index in [9.17, 15) is 9.59 Å². The lowest BCUT2D eigenvalue weighted by molar-refractivity contribution is -0.120. The third-order valence-corrected chi connectivity index (χ3v) is 5.03. The van der Waals surface area contributed by atoms with E-state index in [0.717, 1.165) is 23.3 Å². The van der Waals surface area contributed by atoms with Crippen LogP contribution in [0, 0.1) is 0 Å². The lowest BCUT2D eigenvalue weighted by Crippen LogP contribution is -2.28. The molecule has 0 saturated carbocycles. The molecular formula is C21H27N3O2S. The van der Waals surface area contributed by atoms with Gasteiger partial charge in [0.25, 0.3) is 5.91 Å². The van der Waals surface area contributed by atoms with Gasteiger partial charge in [0.1, 0.15) is 5.37 Å². The van der Waals surface area contributed by atoms with Gasteiger partial charge < -0.3 is 16.4 Å². The van der Waals surface area contributed by atoms with Crippen molar-refractivity contribution in [2.45, 2.75) is 25.1 Å². The third kappa shape index (κ3) is 7.07. The maximum atomic E-state index is 12.4. The molecule has 4 N–H and O–H groups in total. The van der Waals surface area contributed by atoms with Gasteiger partial charge in [-0.3, -0.25) is 9.59 Å². The summed E-state index contributed by atoms with van der Waals surface area (Å²) in [5.74, 6) is 0.746. The Morgan fingerprint density at radius 2 is 1.78 bits per heavy atom. The first kappa shape index (κ1) is 21.0. The molecule has 0 heterocycles. The summed E-state index contributed by atoms with van der Waals surface area (Å²) >= 11 is 1.65. The zero-order valence-corrected chi connectivity index (χ0v) is 16.4. The Hall–Kier alpha value is -2.31. The second-order valence-electron chi connectivity index (χ2n) is 6.09. The molecule has 144 valence electrons. The second-order valence-corrected chi connectivity index (χ2v) is 7.47. The summed E-state index contributed by atoms with van der Waals surface area (Å²) in [5, 5.41) is 5.78. The number of hydrogen-bond acceptors (Lipinski definition) is 4. The molecule has 6 heteroatoms. The van der Waals surface area contributed by atoms with Crippen molar-refractivity contribution >= 4 is 23.6 Å². The molecule has 5 nitrogen and oxygen atoms in total. The van der Waals surface area contributed by atoms with Crippen molar-refractivity contribution in [3.05, 3.63) is 71.3 Å². The van der Waals surface area contributed by atoms with E-state index in [0.29, 0.717) is 25.1 Å². The highest BCUT2D eigenvalue weighted by molar-refractivity contribution is 7.99. The van der Waals surface area contributed by atoms with Crippen molar-refractivity contribution in [3.8, 4) is 0 Å². The molecule has 0 fully saturated rings. The van der Waals surface area contributed by atoms with Crippen molar-refractivity contribution in [2.24, 2.45) is 5.73 Å². The number of hydrogen-bond donors (Lipinski definition) is 3. The lowest BCUT2D eigenvalue weighted by Gasteiger charge is -2.18. The minimum Gasteiger partial charge on any atom is -0.352 e. The fraction of sp³-hybridized carbons (Fsp3) is 0.333. The third-order valence-electron chi connectivity index (χ3n) is 3.98. The van der Waals surface area contributed by atoms with Crippen molar-refractivity contribution in [2.75, 3.05) is 18.8 Å². The van der Waals surface area contributed by atoms with E-state index in [4.69, 9.17) is 5.73 Å². The van der Waals surface area contributed by atoms with E-state index in [-0.39, 0.29) is 17.2 Å². The van der Waals surface area contributed by atoms with E-state index in [2.05, 4.69) is 17.6 Å². The number of carbonyl (C=O) groups is 2. The van der Waals surface area contributed by atoms with Crippen LogP contribution in [-0.4, -0.2) is 30.7 Å². The number of rotatable bonds is 10. The van der Waals surface area contributed by atoms with Gasteiger partial charge in [-0.1, -0.05) is 49.4 Å². The van der Waals surface area contributed by atoms with Crippen LogP contribution in [0.25, 0.3) is 0 Å². The van der Waals surface area contributed by atoms with Crippen LogP contribution in [0.15, 0.2) is 54.6 Å². The lowest BCUT2D eigenvalue weighted by atomic mass is 10.1. The minimum absolute atomic E-state index is 0.0178. The monoisotopic (exact) mass is 385 g/mol. The van der Waals surface area contributed by atoms with Crippen molar-refractivity contribution in [1.82, 2.24) is 10.6 Å². The molecule has 27 heavy (non-hydrogen) atoms. The van der Waals surface area contributed by atoms with E-state index >= 15 is 0 Å². The van der Waals surface area contributed by atoms with Crippen LogP contribution in [0.5, 0.6) is 0 Å². The predicted octanol–water partition coefficient (Wildman–Crippen LogP) is 2.88. The molecular weight excluding hydrogens is 358 g/mol. The first-order valence-electron chi connectivity index (χ1n) is 9.17. The number of thioether (sulfide) groups is 1. The standard InChI is InChI=1S/C21H27N3O2S/c1-2-27-21(24-19(25)15-16-7-4-3-5-8-16)18-11-9-17(10-12-18)20(26)23-14-6-13-22/h3-5,7-12,21H,2,6,13-15,22H2,1H3,(H,23,26)(H,24,25). The normalized spacial score (nSPS) is 11.6. The SMILES string of the molecule is CCSC(NC(=O)Cc1ccccc1)c1ccc(C(=O)NCCCN)cc1. The summed E-state index contributed by atoms with van der Waals surface area (Å²) in [4.78, 5) is 24.5. The van der Waals surface area contributed by atoms with Gasteiger partial charge in [0, 0.05) is 12.1 Å². The first-order chi connectivity index (χ1) is 13.1. The van der Waals surface area contributed by atoms with Crippen LogP contribution >= 0.6 is 11.8 Å². The summed E-state index contributed by atoms with van der Waals surface area (Å²) in [7, 11) is 0. The Labute approximate surface area is 165 Å². The number of nitrogens with one attached hydrogen (secondary N) is 2. The maximum absolute atomic E-state index is 12.4. The number of nitrogens with two attached hydrogens (primary N) is 1. The highest BCUT2D eigenvalue weighted by atomic mass is 32.2. The summed E-state index contributed by atoms with van der Waals surface area (Å²) in [6, 6.07) is 17.1. The predicted molar refractivity (Wildman–Crippen MR) is 112 cm³/mol. The molecule has 1 unspecified atom stereocenters. The molecule has 2 aromatic carbocycles. The van der Waals surface area contributed by atoms with Crippen LogP contribution in [-0.2, 0) is 11.2 Å². The Bertz CT molecular complexity index is 720. The van der Waals surface area contributed by atoms with Crippen molar-refractivity contribution < 1.29 is 9.59 Å². The van der Waals surface area contributed by atoms with Gasteiger partial charge in [-0.05, 0) is 42.0 Å². The quantitative estimate of drug-likeness (QED) is 0.434. The molecule has 0 saturated heterocycles. The molecule has 0 aliphatic heterocycles. The summed E-state index contributed by atoms with van der Waals surface area (Å²) in [5.41, 5.74) is 8.00. The summed E-state index contributed by atoms with van der Waals surface area (Å²) in [6.07, 6.45) is 1.11. The molecule has 0 aliphatic carbocycles. The molecule has 2 amide bonds. The first-order valence-corrected chi connectivity index (χ1v) is 10.2. The van der Waals surface area contributed by atoms with Crippen LogP contribution in [0.3, 0.4) is 0 Å². The zero-order valence-electron chi connectivity index (χ0n) is 15.6. The Morgan fingerprint density at radius 1 is 1.07 bits per heavy atom. The van der Waals surface area contributed by atoms with Gasteiger partial charge in [-0.25, -0.2) is 0 Å². The van der Waals surface area contributed by atoms with Gasteiger partial charge >= 0.3 is 0 Å². The molecule has 1 atom stereocenters. The van der Waals surface area contributed by atoms with Crippen molar-refractivity contribution in [3.63, 3.8) is 0 Å². The molecule has 0 spiro atoms. The van der Waals surface area contributed by atoms with Gasteiger partial charge in [0.05, 0.1) is 6.42 Å². The molecule has 0 radical (unpaired) electrons. The topological polar surface area (TPSA) is 84.2 Å². The Balaban J connectivity index is 1.98. The van der Waals surface area contributed by atoms with E-state index in [1.807, 2.05) is 42.5 Å². The van der Waals surface area contributed by atoms with E-state index in [1.165, 1.54) is 0 Å². The highest BCUT2D eigenvalue weighted by Crippen LogP contribution is 2.26. The van der Waals surface area contributed by atoms with Gasteiger partial charge in [0.15, 0.2) is 0 Å². The summed E-state index contributed by atoms with van der Waals surface area (Å²) in [6.45, 7) is 3.18. The van der Waals surface area contributed by atoms with Crippen LogP contribution in [0.4, 0.5) is 0 Å². The van der Waals surface area contributed by atoms with Gasteiger partial charge in [-0.2, -0.15) is 0 Å². The average Bonchev–Trinajstić information content (AvgIpc) is 2.68. The maximum Gasteiger partial charge on any atom is 0.251 e. The molecule has 0 aromatic heterocycles. The number of benzene rings is 2. The second kappa shape index (κ2) is 11.4. The largest absolute Gasteiger partial charge is 0.352 e. The molecule has 2 rings (SSSR count). The fourth-order valence-electron chi connectivity index (χ4n) is 2.58. The summed E-state index contributed by atoms with van der Waals surface area (Å²) < 4.78 is 0. The average molecular weight is 386 g/mol. The van der Waals surface area contributed by atoms with Gasteiger partial charge in [-0.15, -0.1) is 11.8 Å². The van der Waals surface area contributed by atoms with Crippen molar-refractivity contribution in [1.29, 1.82) is 0 Å². The minimum atomic E-state index is -0.138. The molecule has 0 bridgehead atoms. The van der Waals surface area contributed by atoms with Crippen LogP contribution in [0.1, 0.15) is 40.2 Å². The zero-order chi connectivity index (χ0) is 19.5. The smallest absolute Gasteiger partial charge is 0.251 e. The van der Waals surface area contributed by atoms with Crippen LogP contribution < -0.4 is 16.4 Å². The highest BCUT2D eigenvalue weighted by Gasteiger charge is 2.15. The number of carbonyl (C=O) groups excluding carboxylic acids is 2. The fourth-order valence-corrected chi connectivity index (χ4v) is 3.48. The molecule has 2 aromatic rings. The number of amides is 2. The Morgan fingerprint density at radius 3 is 2.41 bits per heavy atom. The van der Waals surface area contributed by atoms with E-state index in [1.54, 1.807) is 23.9 Å². The van der Waals surface area contributed by atoms with E-state index < -0.39 is 0 Å². The molecule has 0 aliphatic rings.